The van der Waals surface area contributed by atoms with E-state index in [-0.39, 0.29) is 13.3 Å². The van der Waals surface area contributed by atoms with Crippen molar-refractivity contribution in [3.8, 4) is 0 Å². The second-order valence-corrected chi connectivity index (χ2v) is 3.03. The highest BCUT2D eigenvalue weighted by atomic mass is 19.1. The number of hydrogen-bond donors (Lipinski definition) is 1. The van der Waals surface area contributed by atoms with Crippen LogP contribution in [0.4, 0.5) is 4.39 Å². The van der Waals surface area contributed by atoms with Gasteiger partial charge in [0.1, 0.15) is 0 Å². The lowest BCUT2D eigenvalue weighted by atomic mass is 10.4. The Morgan fingerprint density at radius 2 is 2.09 bits per heavy atom. The van der Waals surface area contributed by atoms with Crippen molar-refractivity contribution in [2.75, 3.05) is 26.4 Å². The Morgan fingerprint density at radius 3 is 2.55 bits per heavy atom. The van der Waals surface area contributed by atoms with Crippen LogP contribution < -0.4 is 0 Å². The molecule has 1 aliphatic carbocycles. The Morgan fingerprint density at radius 1 is 1.36 bits per heavy atom. The molecule has 0 amide bonds. The van der Waals surface area contributed by atoms with Crippen LogP contribution in [-0.2, 0) is 0 Å². The first kappa shape index (κ1) is 8.94. The first-order valence-corrected chi connectivity index (χ1v) is 4.29. The van der Waals surface area contributed by atoms with E-state index in [0.29, 0.717) is 19.0 Å². The van der Waals surface area contributed by atoms with Gasteiger partial charge in [0.15, 0.2) is 0 Å². The van der Waals surface area contributed by atoms with Gasteiger partial charge in [0.2, 0.25) is 0 Å². The van der Waals surface area contributed by atoms with Gasteiger partial charge >= 0.3 is 0 Å². The lowest BCUT2D eigenvalue weighted by Gasteiger charge is -2.19. The Kier molecular flexibility index (Phi) is 3.80. The molecule has 0 aromatic rings. The van der Waals surface area contributed by atoms with E-state index < -0.39 is 0 Å². The summed E-state index contributed by atoms with van der Waals surface area (Å²) < 4.78 is 11.8. The van der Waals surface area contributed by atoms with Gasteiger partial charge in [0.05, 0.1) is 13.3 Å². The quantitative estimate of drug-likeness (QED) is 0.623. The first-order chi connectivity index (χ1) is 5.38. The molecule has 2 nitrogen and oxygen atoms in total. The van der Waals surface area contributed by atoms with Crippen LogP contribution in [0.5, 0.6) is 0 Å². The van der Waals surface area contributed by atoms with Crippen LogP contribution in [0.2, 0.25) is 0 Å². The molecule has 0 radical (unpaired) electrons. The van der Waals surface area contributed by atoms with E-state index in [2.05, 4.69) is 4.90 Å². The number of nitrogens with zero attached hydrogens (tertiary/aromatic N) is 1. The molecule has 3 heteroatoms. The Labute approximate surface area is 67.0 Å². The van der Waals surface area contributed by atoms with Crippen LogP contribution in [0, 0.1) is 0 Å². The van der Waals surface area contributed by atoms with Gasteiger partial charge in [0, 0.05) is 19.1 Å². The average Bonchev–Trinajstić information content (AvgIpc) is 2.80. The third-order valence-electron chi connectivity index (χ3n) is 2.03. The molecule has 1 aliphatic rings. The minimum atomic E-state index is -0.241. The van der Waals surface area contributed by atoms with Crippen LogP contribution in [0.15, 0.2) is 0 Å². The highest BCUT2D eigenvalue weighted by molar-refractivity contribution is 4.84. The predicted molar refractivity (Wildman–Crippen MR) is 42.3 cm³/mol. The van der Waals surface area contributed by atoms with E-state index in [1.54, 1.807) is 0 Å². The normalized spacial score (nSPS) is 17.7. The zero-order chi connectivity index (χ0) is 8.10. The summed E-state index contributed by atoms with van der Waals surface area (Å²) in [5.41, 5.74) is 0. The number of aliphatic hydroxyl groups is 1. The number of rotatable bonds is 6. The fourth-order valence-electron chi connectivity index (χ4n) is 1.31. The molecule has 1 N–H and O–H groups in total. The maximum Gasteiger partial charge on any atom is 0.0906 e. The second kappa shape index (κ2) is 4.67. The Hall–Kier alpha value is -0.150. The molecule has 1 fully saturated rings. The van der Waals surface area contributed by atoms with Crippen LogP contribution in [0.1, 0.15) is 19.3 Å². The van der Waals surface area contributed by atoms with Crippen LogP contribution >= 0.6 is 0 Å². The molecule has 0 aliphatic heterocycles. The molecule has 0 saturated heterocycles. The van der Waals surface area contributed by atoms with Crippen LogP contribution in [0.3, 0.4) is 0 Å². The van der Waals surface area contributed by atoms with Gasteiger partial charge in [-0.3, -0.25) is 9.29 Å². The Balaban J connectivity index is 2.10. The van der Waals surface area contributed by atoms with Crippen molar-refractivity contribution in [3.05, 3.63) is 0 Å². The summed E-state index contributed by atoms with van der Waals surface area (Å²) in [6.07, 6.45) is 3.06. The predicted octanol–water partition coefficient (Wildman–Crippen LogP) is 0.803. The number of hydrogen-bond acceptors (Lipinski definition) is 2. The van der Waals surface area contributed by atoms with E-state index in [0.717, 1.165) is 6.54 Å². The molecule has 0 atom stereocenters. The largest absolute Gasteiger partial charge is 0.395 e. The second-order valence-electron chi connectivity index (χ2n) is 3.03. The molecule has 66 valence electrons. The maximum atomic E-state index is 11.8. The summed E-state index contributed by atoms with van der Waals surface area (Å²) in [6.45, 7) is 1.48. The fourth-order valence-corrected chi connectivity index (χ4v) is 1.31. The van der Waals surface area contributed by atoms with Crippen molar-refractivity contribution in [2.45, 2.75) is 25.3 Å². The van der Waals surface area contributed by atoms with Gasteiger partial charge in [-0.25, -0.2) is 0 Å². The third-order valence-corrected chi connectivity index (χ3v) is 2.03. The zero-order valence-electron chi connectivity index (χ0n) is 6.80. The molecule has 1 rings (SSSR count). The summed E-state index contributed by atoms with van der Waals surface area (Å²) in [6, 6.07) is 0.647. The van der Waals surface area contributed by atoms with E-state index in [9.17, 15) is 4.39 Å². The summed E-state index contributed by atoms with van der Waals surface area (Å²) in [5, 5.41) is 8.68. The molecular weight excluding hydrogens is 145 g/mol. The molecular formula is C8H16FNO. The van der Waals surface area contributed by atoms with E-state index in [1.807, 2.05) is 0 Å². The molecule has 0 aromatic heterocycles. The average molecular weight is 161 g/mol. The smallest absolute Gasteiger partial charge is 0.0906 e. The fraction of sp³-hybridized carbons (Fsp3) is 1.00. The summed E-state index contributed by atoms with van der Waals surface area (Å²) in [5.74, 6) is 0. The Bertz CT molecular complexity index is 106. The molecule has 0 unspecified atom stereocenters. The van der Waals surface area contributed by atoms with Gasteiger partial charge in [-0.2, -0.15) is 0 Å². The molecule has 0 bridgehead atoms. The summed E-state index contributed by atoms with van der Waals surface area (Å²) in [4.78, 5) is 2.18. The minimum absolute atomic E-state index is 0.197. The highest BCUT2D eigenvalue weighted by Gasteiger charge is 2.27. The van der Waals surface area contributed by atoms with Gasteiger partial charge in [-0.1, -0.05) is 0 Å². The monoisotopic (exact) mass is 161 g/mol. The minimum Gasteiger partial charge on any atom is -0.395 e. The van der Waals surface area contributed by atoms with Gasteiger partial charge in [-0.05, 0) is 19.3 Å². The molecule has 0 aromatic carbocycles. The standard InChI is InChI=1S/C8H16FNO/c9-4-1-5-10(6-7-11)8-2-3-8/h8,11H,1-7H2. The molecule has 1 saturated carbocycles. The van der Waals surface area contributed by atoms with E-state index in [4.69, 9.17) is 5.11 Å². The highest BCUT2D eigenvalue weighted by Crippen LogP contribution is 2.26. The van der Waals surface area contributed by atoms with Crippen molar-refractivity contribution in [1.82, 2.24) is 4.90 Å². The van der Waals surface area contributed by atoms with Crippen molar-refractivity contribution >= 4 is 0 Å². The topological polar surface area (TPSA) is 23.5 Å². The molecule has 0 spiro atoms. The summed E-state index contributed by atoms with van der Waals surface area (Å²) in [7, 11) is 0. The molecule has 0 heterocycles. The van der Waals surface area contributed by atoms with E-state index >= 15 is 0 Å². The number of halogens is 1. The van der Waals surface area contributed by atoms with E-state index in [1.165, 1.54) is 12.8 Å². The molecule has 11 heavy (non-hydrogen) atoms. The summed E-state index contributed by atoms with van der Waals surface area (Å²) >= 11 is 0. The van der Waals surface area contributed by atoms with Crippen LogP contribution in [0.25, 0.3) is 0 Å². The third kappa shape index (κ3) is 3.16. The van der Waals surface area contributed by atoms with Crippen molar-refractivity contribution < 1.29 is 9.50 Å². The SMILES string of the molecule is OCCN(CCCF)C1CC1. The van der Waals surface area contributed by atoms with Crippen molar-refractivity contribution in [3.63, 3.8) is 0 Å². The van der Waals surface area contributed by atoms with Crippen molar-refractivity contribution in [1.29, 1.82) is 0 Å². The van der Waals surface area contributed by atoms with Gasteiger partial charge in [-0.15, -0.1) is 0 Å². The first-order valence-electron chi connectivity index (χ1n) is 4.29. The maximum absolute atomic E-state index is 11.8. The van der Waals surface area contributed by atoms with Crippen LogP contribution in [-0.4, -0.2) is 42.4 Å². The van der Waals surface area contributed by atoms with Gasteiger partial charge in [0.25, 0.3) is 0 Å². The number of alkyl halides is 1. The number of aliphatic hydroxyl groups excluding tert-OH is 1. The lowest BCUT2D eigenvalue weighted by molar-refractivity contribution is 0.184. The zero-order valence-corrected chi connectivity index (χ0v) is 6.80. The lowest BCUT2D eigenvalue weighted by Crippen LogP contribution is -2.30. The van der Waals surface area contributed by atoms with Crippen molar-refractivity contribution in [2.24, 2.45) is 0 Å². The van der Waals surface area contributed by atoms with Gasteiger partial charge < -0.3 is 5.11 Å².